The van der Waals surface area contributed by atoms with Gasteiger partial charge in [0, 0.05) is 18.8 Å². The van der Waals surface area contributed by atoms with Gasteiger partial charge in [-0.15, -0.1) is 0 Å². The van der Waals surface area contributed by atoms with E-state index in [0.29, 0.717) is 35.7 Å². The Morgan fingerprint density at radius 1 is 0.875 bits per heavy atom. The van der Waals surface area contributed by atoms with Gasteiger partial charge in [0.2, 0.25) is 10.0 Å². The van der Waals surface area contributed by atoms with Crippen molar-refractivity contribution in [1.82, 2.24) is 4.31 Å². The van der Waals surface area contributed by atoms with E-state index in [4.69, 9.17) is 9.47 Å². The quantitative estimate of drug-likeness (QED) is 0.342. The number of benzene rings is 3. The molecule has 12 heteroatoms. The Bertz CT molecular complexity index is 1550. The van der Waals surface area contributed by atoms with Gasteiger partial charge in [-0.25, -0.2) is 18.1 Å². The van der Waals surface area contributed by atoms with Crippen LogP contribution in [0, 0.1) is 0 Å². The lowest BCUT2D eigenvalue weighted by molar-refractivity contribution is -0.123. The van der Waals surface area contributed by atoms with Crippen molar-refractivity contribution in [3.63, 3.8) is 0 Å². The lowest BCUT2D eigenvalue weighted by atomic mass is 10.1. The molecular weight excluding hydrogens is 538 g/mol. The van der Waals surface area contributed by atoms with Crippen LogP contribution in [0.2, 0.25) is 0 Å². The number of nitrogens with zero attached hydrogens (tertiary/aromatic N) is 2. The van der Waals surface area contributed by atoms with Crippen LogP contribution < -0.4 is 10.2 Å². The molecule has 3 aromatic rings. The van der Waals surface area contributed by atoms with Crippen molar-refractivity contribution in [3.8, 4) is 0 Å². The van der Waals surface area contributed by atoms with Gasteiger partial charge in [0.25, 0.3) is 17.7 Å². The average Bonchev–Trinajstić information content (AvgIpc) is 3.23. The summed E-state index contributed by atoms with van der Waals surface area (Å²) in [6.07, 6.45) is -1.17. The first-order valence-corrected chi connectivity index (χ1v) is 13.9. The zero-order chi connectivity index (χ0) is 28.4. The van der Waals surface area contributed by atoms with E-state index in [1.54, 1.807) is 24.3 Å². The molecule has 1 saturated heterocycles. The predicted molar refractivity (Wildman–Crippen MR) is 144 cm³/mol. The second kappa shape index (κ2) is 11.0. The first kappa shape index (κ1) is 27.2. The third-order valence-corrected chi connectivity index (χ3v) is 8.45. The van der Waals surface area contributed by atoms with E-state index in [1.807, 2.05) is 0 Å². The molecule has 0 aliphatic carbocycles. The number of hydrogen-bond acceptors (Lipinski definition) is 8. The van der Waals surface area contributed by atoms with Crippen LogP contribution in [-0.4, -0.2) is 68.8 Å². The fourth-order valence-electron chi connectivity index (χ4n) is 4.34. The molecule has 0 aromatic heterocycles. The summed E-state index contributed by atoms with van der Waals surface area (Å²) < 4.78 is 37.3. The monoisotopic (exact) mass is 563 g/mol. The molecule has 11 nitrogen and oxygen atoms in total. The molecule has 40 heavy (non-hydrogen) atoms. The van der Waals surface area contributed by atoms with Gasteiger partial charge >= 0.3 is 5.97 Å². The van der Waals surface area contributed by atoms with Crippen molar-refractivity contribution in [2.75, 3.05) is 36.5 Å². The van der Waals surface area contributed by atoms with Crippen molar-refractivity contribution in [1.29, 1.82) is 0 Å². The molecule has 1 fully saturated rings. The number of esters is 1. The van der Waals surface area contributed by atoms with Crippen LogP contribution in [0.4, 0.5) is 11.4 Å². The van der Waals surface area contributed by atoms with Crippen molar-refractivity contribution in [3.05, 3.63) is 89.5 Å². The molecule has 2 aliphatic heterocycles. The number of morpholine rings is 1. The lowest BCUT2D eigenvalue weighted by Crippen LogP contribution is -2.40. The smallest absolute Gasteiger partial charge is 0.338 e. The summed E-state index contributed by atoms with van der Waals surface area (Å²) in [7, 11) is -3.67. The SMILES string of the molecule is C[C@@H](OC(=O)c1ccc(N2C(=O)c3ccccc3C2=O)cc1)C(=O)Nc1ccc(S(=O)(=O)N2CCOCC2)cc1. The number of nitrogens with one attached hydrogen (secondary N) is 1. The number of imide groups is 1. The minimum atomic E-state index is -3.67. The molecule has 5 rings (SSSR count). The highest BCUT2D eigenvalue weighted by molar-refractivity contribution is 7.89. The Morgan fingerprint density at radius 2 is 1.45 bits per heavy atom. The normalized spacial score (nSPS) is 16.4. The number of sulfonamides is 1. The molecule has 0 bridgehead atoms. The number of ether oxygens (including phenoxy) is 2. The molecule has 0 saturated carbocycles. The number of carbonyl (C=O) groups excluding carboxylic acids is 4. The molecule has 3 amide bonds. The van der Waals surface area contributed by atoms with Gasteiger partial charge < -0.3 is 14.8 Å². The van der Waals surface area contributed by atoms with Crippen molar-refractivity contribution in [2.24, 2.45) is 0 Å². The van der Waals surface area contributed by atoms with E-state index < -0.39 is 39.8 Å². The summed E-state index contributed by atoms with van der Waals surface area (Å²) >= 11 is 0. The average molecular weight is 564 g/mol. The van der Waals surface area contributed by atoms with E-state index in [0.717, 1.165) is 4.90 Å². The van der Waals surface area contributed by atoms with Crippen molar-refractivity contribution >= 4 is 45.1 Å². The number of amides is 3. The Balaban J connectivity index is 1.18. The van der Waals surface area contributed by atoms with Gasteiger partial charge in [0.1, 0.15) is 0 Å². The summed E-state index contributed by atoms with van der Waals surface area (Å²) in [5, 5.41) is 2.60. The van der Waals surface area contributed by atoms with E-state index in [-0.39, 0.29) is 23.5 Å². The number of anilines is 2. The summed E-state index contributed by atoms with van der Waals surface area (Å²) in [6.45, 7) is 2.61. The van der Waals surface area contributed by atoms with Crippen molar-refractivity contribution < 1.29 is 37.1 Å². The third-order valence-electron chi connectivity index (χ3n) is 6.54. The Kier molecular flexibility index (Phi) is 7.48. The van der Waals surface area contributed by atoms with E-state index in [1.165, 1.54) is 59.8 Å². The first-order chi connectivity index (χ1) is 19.2. The highest BCUT2D eigenvalue weighted by Gasteiger charge is 2.36. The largest absolute Gasteiger partial charge is 0.449 e. The zero-order valence-corrected chi connectivity index (χ0v) is 22.2. The van der Waals surface area contributed by atoms with E-state index in [9.17, 15) is 27.6 Å². The maximum Gasteiger partial charge on any atom is 0.338 e. The van der Waals surface area contributed by atoms with Gasteiger partial charge in [0.05, 0.1) is 40.5 Å². The Labute approximate surface area is 230 Å². The maximum atomic E-state index is 12.8. The maximum absolute atomic E-state index is 12.8. The molecule has 2 aliphatic rings. The molecule has 0 spiro atoms. The number of rotatable bonds is 7. The van der Waals surface area contributed by atoms with Crippen LogP contribution in [0.3, 0.4) is 0 Å². The van der Waals surface area contributed by atoms with Crippen LogP contribution in [0.15, 0.2) is 77.7 Å². The first-order valence-electron chi connectivity index (χ1n) is 12.4. The third kappa shape index (κ3) is 5.24. The fraction of sp³-hybridized carbons (Fsp3) is 0.214. The topological polar surface area (TPSA) is 139 Å². The second-order valence-electron chi connectivity index (χ2n) is 9.12. The molecule has 2 heterocycles. The van der Waals surface area contributed by atoms with Gasteiger partial charge in [-0.05, 0) is 67.6 Å². The molecule has 206 valence electrons. The molecule has 0 unspecified atom stereocenters. The number of carbonyl (C=O) groups is 4. The van der Waals surface area contributed by atoms with Crippen LogP contribution >= 0.6 is 0 Å². The van der Waals surface area contributed by atoms with Gasteiger partial charge in [-0.1, -0.05) is 12.1 Å². The highest BCUT2D eigenvalue weighted by atomic mass is 32.2. The van der Waals surface area contributed by atoms with E-state index >= 15 is 0 Å². The van der Waals surface area contributed by atoms with Crippen LogP contribution in [0.1, 0.15) is 38.0 Å². The summed E-state index contributed by atoms with van der Waals surface area (Å²) in [6, 6.07) is 17.9. The lowest BCUT2D eigenvalue weighted by Gasteiger charge is -2.26. The minimum Gasteiger partial charge on any atom is -0.449 e. The summed E-state index contributed by atoms with van der Waals surface area (Å²) in [4.78, 5) is 51.7. The molecule has 1 atom stereocenters. The second-order valence-corrected chi connectivity index (χ2v) is 11.1. The molecule has 3 aromatic carbocycles. The predicted octanol–water partition coefficient (Wildman–Crippen LogP) is 2.69. The number of hydrogen-bond donors (Lipinski definition) is 1. The van der Waals surface area contributed by atoms with Crippen LogP contribution in [-0.2, 0) is 24.3 Å². The Hall–Kier alpha value is -4.39. The van der Waals surface area contributed by atoms with Gasteiger partial charge in [-0.2, -0.15) is 4.31 Å². The van der Waals surface area contributed by atoms with Crippen LogP contribution in [0.25, 0.3) is 0 Å². The van der Waals surface area contributed by atoms with Crippen molar-refractivity contribution in [2.45, 2.75) is 17.9 Å². The van der Waals surface area contributed by atoms with Gasteiger partial charge in [0.15, 0.2) is 6.10 Å². The molecule has 1 N–H and O–H groups in total. The summed E-state index contributed by atoms with van der Waals surface area (Å²) in [5.74, 6) is -2.29. The fourth-order valence-corrected chi connectivity index (χ4v) is 5.75. The zero-order valence-electron chi connectivity index (χ0n) is 21.4. The van der Waals surface area contributed by atoms with E-state index in [2.05, 4.69) is 5.32 Å². The standard InChI is InChI=1S/C28H25N3O8S/c1-18(25(32)29-20-8-12-22(13-9-20)40(36,37)30-14-16-38-17-15-30)39-28(35)19-6-10-21(11-7-19)31-26(33)23-4-2-3-5-24(23)27(31)34/h2-13,18H,14-17H2,1H3,(H,29,32)/t18-/m1/s1. The molecular formula is C28H25N3O8S. The van der Waals surface area contributed by atoms with Gasteiger partial charge in [-0.3, -0.25) is 14.4 Å². The Morgan fingerprint density at radius 3 is 2.02 bits per heavy atom. The number of fused-ring (bicyclic) bond motifs is 1. The highest BCUT2D eigenvalue weighted by Crippen LogP contribution is 2.28. The molecule has 0 radical (unpaired) electrons. The minimum absolute atomic E-state index is 0.0940. The van der Waals surface area contributed by atoms with Crippen LogP contribution in [0.5, 0.6) is 0 Å². The summed E-state index contributed by atoms with van der Waals surface area (Å²) in [5.41, 5.74) is 1.37.